The molecule has 0 aromatic carbocycles. The number of amides is 1. The first-order valence-electron chi connectivity index (χ1n) is 7.16. The van der Waals surface area contributed by atoms with E-state index in [9.17, 15) is 9.18 Å². The van der Waals surface area contributed by atoms with Crippen LogP contribution >= 0.6 is 0 Å². The summed E-state index contributed by atoms with van der Waals surface area (Å²) in [6.07, 6.45) is 1.97. The lowest BCUT2D eigenvalue weighted by Crippen LogP contribution is -2.64. The Labute approximate surface area is 114 Å². The molecule has 4 nitrogen and oxygen atoms in total. The Bertz CT molecular complexity index is 343. The zero-order valence-electron chi connectivity index (χ0n) is 12.3. The molecule has 0 radical (unpaired) electrons. The molecule has 5 heteroatoms. The predicted octanol–water partition coefficient (Wildman–Crippen LogP) is 2.47. The molecule has 2 aliphatic rings. The molecule has 2 unspecified atom stereocenters. The third-order valence-corrected chi connectivity index (χ3v) is 4.04. The number of piperidine rings is 2. The maximum absolute atomic E-state index is 14.5. The van der Waals surface area contributed by atoms with Crippen molar-refractivity contribution in [1.82, 2.24) is 10.2 Å². The number of nitrogens with one attached hydrogen (secondary N) is 1. The van der Waals surface area contributed by atoms with Gasteiger partial charge in [0.05, 0.1) is 6.04 Å². The fraction of sp³-hybridized carbons (Fsp3) is 0.929. The number of fused-ring (bicyclic) bond motifs is 2. The first-order valence-corrected chi connectivity index (χ1v) is 7.16. The molecule has 0 saturated carbocycles. The molecule has 2 bridgehead atoms. The number of carbonyl (C=O) groups is 1. The van der Waals surface area contributed by atoms with Gasteiger partial charge in [0.1, 0.15) is 11.8 Å². The lowest BCUT2D eigenvalue weighted by Gasteiger charge is -2.50. The Morgan fingerprint density at radius 3 is 2.63 bits per heavy atom. The minimum absolute atomic E-state index is 0.109. The molecule has 110 valence electrons. The summed E-state index contributed by atoms with van der Waals surface area (Å²) >= 11 is 0. The summed E-state index contributed by atoms with van der Waals surface area (Å²) in [6, 6.07) is -0.369. The van der Waals surface area contributed by atoms with Crippen LogP contribution in [0.2, 0.25) is 0 Å². The number of nitrogens with zero attached hydrogens (tertiary/aromatic N) is 1. The van der Waals surface area contributed by atoms with Crippen LogP contribution in [-0.4, -0.2) is 47.9 Å². The summed E-state index contributed by atoms with van der Waals surface area (Å²) in [6.45, 7) is 5.52. The van der Waals surface area contributed by atoms with Crippen molar-refractivity contribution in [2.24, 2.45) is 0 Å². The second kappa shape index (κ2) is 5.27. The van der Waals surface area contributed by atoms with Crippen LogP contribution in [0.15, 0.2) is 0 Å². The van der Waals surface area contributed by atoms with Crippen LogP contribution < -0.4 is 5.32 Å². The van der Waals surface area contributed by atoms with Crippen molar-refractivity contribution < 1.29 is 13.9 Å². The Balaban J connectivity index is 2.14. The molecule has 2 heterocycles. The molecule has 1 amide bonds. The number of halogens is 1. The standard InChI is InChI=1S/C14H25FN2O2/c1-14(2,3)19-13(18)17-9-6-5-7-11(17)12(15)10(8-9)16-4/h9-12,16H,5-8H2,1-4H3/t9?,10-,11?,12-/m1/s1. The molecule has 19 heavy (non-hydrogen) atoms. The largest absolute Gasteiger partial charge is 0.444 e. The second-order valence-corrected chi connectivity index (χ2v) is 6.61. The third-order valence-electron chi connectivity index (χ3n) is 4.04. The summed E-state index contributed by atoms with van der Waals surface area (Å²) in [5.74, 6) is 0. The van der Waals surface area contributed by atoms with Gasteiger partial charge in [-0.05, 0) is 53.5 Å². The van der Waals surface area contributed by atoms with Crippen LogP contribution in [0.5, 0.6) is 0 Å². The molecule has 2 aliphatic heterocycles. The summed E-state index contributed by atoms with van der Waals surface area (Å²) in [7, 11) is 1.79. The van der Waals surface area contributed by atoms with E-state index in [1.165, 1.54) is 0 Å². The van der Waals surface area contributed by atoms with E-state index in [4.69, 9.17) is 4.74 Å². The lowest BCUT2D eigenvalue weighted by molar-refractivity contribution is -0.0498. The quantitative estimate of drug-likeness (QED) is 0.797. The van der Waals surface area contributed by atoms with Crippen molar-refractivity contribution in [3.05, 3.63) is 0 Å². The molecule has 1 N–H and O–H groups in total. The van der Waals surface area contributed by atoms with E-state index in [1.54, 1.807) is 11.9 Å². The van der Waals surface area contributed by atoms with Crippen molar-refractivity contribution in [2.75, 3.05) is 7.05 Å². The number of hydrogen-bond donors (Lipinski definition) is 1. The zero-order valence-corrected chi connectivity index (χ0v) is 12.3. The first kappa shape index (κ1) is 14.6. The van der Waals surface area contributed by atoms with E-state index in [2.05, 4.69) is 5.32 Å². The number of hydrogen-bond acceptors (Lipinski definition) is 3. The van der Waals surface area contributed by atoms with Gasteiger partial charge >= 0.3 is 6.09 Å². The van der Waals surface area contributed by atoms with Crippen LogP contribution in [0, 0.1) is 0 Å². The Hall–Kier alpha value is -0.840. The van der Waals surface area contributed by atoms with Gasteiger partial charge in [0.15, 0.2) is 0 Å². The fourth-order valence-corrected chi connectivity index (χ4v) is 3.22. The van der Waals surface area contributed by atoms with Crippen molar-refractivity contribution in [1.29, 1.82) is 0 Å². The Morgan fingerprint density at radius 2 is 2.05 bits per heavy atom. The fourth-order valence-electron chi connectivity index (χ4n) is 3.22. The number of alkyl halides is 1. The van der Waals surface area contributed by atoms with E-state index >= 15 is 0 Å². The van der Waals surface area contributed by atoms with Crippen molar-refractivity contribution in [3.8, 4) is 0 Å². The van der Waals surface area contributed by atoms with E-state index < -0.39 is 11.8 Å². The monoisotopic (exact) mass is 272 g/mol. The van der Waals surface area contributed by atoms with Crippen LogP contribution in [0.25, 0.3) is 0 Å². The van der Waals surface area contributed by atoms with Gasteiger partial charge in [-0.15, -0.1) is 0 Å². The smallest absolute Gasteiger partial charge is 0.410 e. The van der Waals surface area contributed by atoms with Crippen LogP contribution in [0.1, 0.15) is 46.5 Å². The van der Waals surface area contributed by atoms with Gasteiger partial charge in [0.25, 0.3) is 0 Å². The Kier molecular flexibility index (Phi) is 4.04. The minimum atomic E-state index is -1.01. The molecule has 0 aromatic heterocycles. The zero-order chi connectivity index (χ0) is 14.2. The van der Waals surface area contributed by atoms with Gasteiger partial charge in [-0.3, -0.25) is 4.90 Å². The summed E-state index contributed by atoms with van der Waals surface area (Å²) in [5.41, 5.74) is -0.531. The summed E-state index contributed by atoms with van der Waals surface area (Å²) < 4.78 is 19.9. The van der Waals surface area contributed by atoms with Gasteiger partial charge < -0.3 is 10.1 Å². The molecule has 0 aromatic rings. The van der Waals surface area contributed by atoms with E-state index in [0.717, 1.165) is 19.3 Å². The van der Waals surface area contributed by atoms with E-state index in [-0.39, 0.29) is 24.2 Å². The molecule has 2 saturated heterocycles. The molecular weight excluding hydrogens is 247 g/mol. The van der Waals surface area contributed by atoms with Crippen LogP contribution in [-0.2, 0) is 4.74 Å². The average Bonchev–Trinajstić information content (AvgIpc) is 2.31. The maximum Gasteiger partial charge on any atom is 0.410 e. The SMILES string of the molecule is CN[C@@H]1CC2CCCC([C@@H]1F)N2C(=O)OC(C)(C)C. The highest BCUT2D eigenvalue weighted by atomic mass is 19.1. The molecule has 2 rings (SSSR count). The Morgan fingerprint density at radius 1 is 1.37 bits per heavy atom. The third kappa shape index (κ3) is 3.02. The number of carbonyl (C=O) groups excluding carboxylic acids is 1. The topological polar surface area (TPSA) is 41.6 Å². The van der Waals surface area contributed by atoms with Gasteiger partial charge in [-0.25, -0.2) is 9.18 Å². The predicted molar refractivity (Wildman–Crippen MR) is 71.9 cm³/mol. The molecule has 0 aliphatic carbocycles. The highest BCUT2D eigenvalue weighted by Gasteiger charge is 2.48. The first-order chi connectivity index (χ1) is 8.83. The van der Waals surface area contributed by atoms with E-state index in [1.807, 2.05) is 20.8 Å². The highest BCUT2D eigenvalue weighted by Crippen LogP contribution is 2.36. The van der Waals surface area contributed by atoms with Gasteiger partial charge in [0, 0.05) is 12.1 Å². The number of rotatable bonds is 1. The van der Waals surface area contributed by atoms with Crippen molar-refractivity contribution >= 4 is 6.09 Å². The summed E-state index contributed by atoms with van der Waals surface area (Å²) in [4.78, 5) is 13.9. The lowest BCUT2D eigenvalue weighted by atomic mass is 9.81. The minimum Gasteiger partial charge on any atom is -0.444 e. The molecule has 2 fully saturated rings. The van der Waals surface area contributed by atoms with Crippen LogP contribution in [0.4, 0.5) is 9.18 Å². The summed E-state index contributed by atoms with van der Waals surface area (Å²) in [5, 5.41) is 3.04. The maximum atomic E-state index is 14.5. The molecular formula is C14H25FN2O2. The normalized spacial score (nSPS) is 35.1. The number of ether oxygens (including phenoxy) is 1. The second-order valence-electron chi connectivity index (χ2n) is 6.61. The van der Waals surface area contributed by atoms with Gasteiger partial charge in [0.2, 0.25) is 0 Å². The highest BCUT2D eigenvalue weighted by molar-refractivity contribution is 5.69. The van der Waals surface area contributed by atoms with E-state index in [0.29, 0.717) is 6.42 Å². The van der Waals surface area contributed by atoms with Gasteiger partial charge in [-0.2, -0.15) is 0 Å². The van der Waals surface area contributed by atoms with Crippen molar-refractivity contribution in [3.63, 3.8) is 0 Å². The van der Waals surface area contributed by atoms with Gasteiger partial charge in [-0.1, -0.05) is 0 Å². The van der Waals surface area contributed by atoms with Crippen LogP contribution in [0.3, 0.4) is 0 Å². The average molecular weight is 272 g/mol. The molecule has 0 spiro atoms. The van der Waals surface area contributed by atoms with Crippen molar-refractivity contribution in [2.45, 2.75) is 76.4 Å². The molecule has 4 atom stereocenters.